The highest BCUT2D eigenvalue weighted by molar-refractivity contribution is 7.09. The number of benzene rings is 1. The van der Waals surface area contributed by atoms with Crippen molar-refractivity contribution in [2.75, 3.05) is 17.2 Å². The fraction of sp³-hybridized carbons (Fsp3) is 0.429. The molecule has 2 rings (SSSR count). The molecule has 31 heavy (non-hydrogen) atoms. The normalized spacial score (nSPS) is 12.2. The van der Waals surface area contributed by atoms with E-state index < -0.39 is 23.4 Å². The fourth-order valence-corrected chi connectivity index (χ4v) is 3.73. The van der Waals surface area contributed by atoms with Crippen LogP contribution in [0.5, 0.6) is 5.75 Å². The Morgan fingerprint density at radius 3 is 2.26 bits per heavy atom. The summed E-state index contributed by atoms with van der Waals surface area (Å²) >= 11 is 0.776. The number of nitrogens with zero attached hydrogens (tertiary/aromatic N) is 2. The number of anilines is 2. The smallest absolute Gasteiger partial charge is 0.272 e. The summed E-state index contributed by atoms with van der Waals surface area (Å²) in [7, 11) is 0. The monoisotopic (exact) mass is 447 g/mol. The van der Waals surface area contributed by atoms with Crippen molar-refractivity contribution >= 4 is 40.6 Å². The first-order valence-corrected chi connectivity index (χ1v) is 10.7. The van der Waals surface area contributed by atoms with Crippen molar-refractivity contribution in [3.05, 3.63) is 34.8 Å². The number of amides is 3. The van der Waals surface area contributed by atoms with Crippen molar-refractivity contribution in [2.45, 2.75) is 52.6 Å². The van der Waals surface area contributed by atoms with Crippen molar-refractivity contribution in [2.24, 2.45) is 5.73 Å². The number of primary amides is 1. The summed E-state index contributed by atoms with van der Waals surface area (Å²) in [5, 5.41) is 2.92. The number of ether oxygens (including phenoxy) is 1. The molecule has 1 aromatic carbocycles. The van der Waals surface area contributed by atoms with Crippen molar-refractivity contribution in [3.8, 4) is 5.75 Å². The summed E-state index contributed by atoms with van der Waals surface area (Å²) in [5.41, 5.74) is 11.0. The third-order valence-corrected chi connectivity index (χ3v) is 5.15. The van der Waals surface area contributed by atoms with Gasteiger partial charge >= 0.3 is 0 Å². The molecule has 10 heteroatoms. The maximum absolute atomic E-state index is 13.5. The molecule has 0 spiro atoms. The minimum Gasteiger partial charge on any atom is -0.494 e. The maximum atomic E-state index is 13.5. The topological polar surface area (TPSA) is 141 Å². The maximum Gasteiger partial charge on any atom is 0.272 e. The van der Waals surface area contributed by atoms with Gasteiger partial charge in [-0.15, -0.1) is 0 Å². The molecule has 0 aliphatic rings. The molecular formula is C21H29N5O4S. The van der Waals surface area contributed by atoms with Crippen molar-refractivity contribution in [3.63, 3.8) is 0 Å². The summed E-state index contributed by atoms with van der Waals surface area (Å²) in [6.45, 7) is 9.77. The van der Waals surface area contributed by atoms with Crippen molar-refractivity contribution in [1.29, 1.82) is 0 Å². The van der Waals surface area contributed by atoms with E-state index in [1.54, 1.807) is 24.3 Å². The van der Waals surface area contributed by atoms with Gasteiger partial charge in [0.25, 0.3) is 11.8 Å². The van der Waals surface area contributed by atoms with E-state index in [1.807, 2.05) is 34.6 Å². The molecule has 0 radical (unpaired) electrons. The summed E-state index contributed by atoms with van der Waals surface area (Å²) in [6, 6.07) is 6.02. The van der Waals surface area contributed by atoms with E-state index in [-0.39, 0.29) is 22.2 Å². The number of hydrogen-bond acceptors (Lipinski definition) is 7. The number of nitrogen functional groups attached to an aromatic ring is 1. The van der Waals surface area contributed by atoms with Gasteiger partial charge in [-0.2, -0.15) is 4.37 Å². The molecule has 5 N–H and O–H groups in total. The van der Waals surface area contributed by atoms with Gasteiger partial charge in [0.15, 0.2) is 5.69 Å². The molecule has 1 aromatic heterocycles. The Morgan fingerprint density at radius 2 is 1.81 bits per heavy atom. The summed E-state index contributed by atoms with van der Waals surface area (Å²) in [4.78, 5) is 39.5. The third kappa shape index (κ3) is 5.72. The summed E-state index contributed by atoms with van der Waals surface area (Å²) in [6.07, 6.45) is 0.349. The Bertz CT molecular complexity index is 950. The highest BCUT2D eigenvalue weighted by Crippen LogP contribution is 2.29. The van der Waals surface area contributed by atoms with Crippen LogP contribution in [0.1, 0.15) is 61.2 Å². The second kappa shape index (κ2) is 9.78. The van der Waals surface area contributed by atoms with Gasteiger partial charge in [-0.05, 0) is 69.9 Å². The largest absolute Gasteiger partial charge is 0.494 e. The van der Waals surface area contributed by atoms with Gasteiger partial charge in [0.1, 0.15) is 16.7 Å². The molecule has 1 heterocycles. The van der Waals surface area contributed by atoms with E-state index in [0.29, 0.717) is 24.5 Å². The van der Waals surface area contributed by atoms with Gasteiger partial charge in [-0.1, -0.05) is 6.92 Å². The molecule has 0 saturated heterocycles. The highest BCUT2D eigenvalue weighted by Gasteiger charge is 2.35. The first-order valence-electron chi connectivity index (χ1n) is 9.93. The zero-order valence-electron chi connectivity index (χ0n) is 18.4. The second-order valence-electron chi connectivity index (χ2n) is 7.90. The lowest BCUT2D eigenvalue weighted by Gasteiger charge is -2.32. The van der Waals surface area contributed by atoms with Gasteiger partial charge in [-0.3, -0.25) is 19.3 Å². The van der Waals surface area contributed by atoms with Crippen LogP contribution in [-0.4, -0.2) is 40.3 Å². The van der Waals surface area contributed by atoms with Crippen molar-refractivity contribution < 1.29 is 19.1 Å². The summed E-state index contributed by atoms with van der Waals surface area (Å²) in [5.74, 6) is -1.03. The highest BCUT2D eigenvalue weighted by atomic mass is 32.1. The number of rotatable bonds is 8. The SMILES string of the molecule is CCOc1ccc(N(C(=O)c2snc(C(N)=O)c2N)C(CC)C(=O)NC(C)(C)C)cc1. The van der Waals surface area contributed by atoms with Crippen LogP contribution in [0.15, 0.2) is 24.3 Å². The lowest BCUT2D eigenvalue weighted by molar-refractivity contribution is -0.123. The molecule has 1 atom stereocenters. The molecular weight excluding hydrogens is 418 g/mol. The van der Waals surface area contributed by atoms with Gasteiger partial charge in [-0.25, -0.2) is 0 Å². The Kier molecular flexibility index (Phi) is 7.61. The molecule has 1 unspecified atom stereocenters. The number of aromatic nitrogens is 1. The van der Waals surface area contributed by atoms with Crippen LogP contribution in [0.2, 0.25) is 0 Å². The molecule has 0 aliphatic heterocycles. The second-order valence-corrected chi connectivity index (χ2v) is 8.68. The van der Waals surface area contributed by atoms with E-state index >= 15 is 0 Å². The molecule has 0 bridgehead atoms. The predicted octanol–water partition coefficient (Wildman–Crippen LogP) is 2.56. The first-order chi connectivity index (χ1) is 14.5. The quantitative estimate of drug-likeness (QED) is 0.568. The van der Waals surface area contributed by atoms with Gasteiger partial charge in [0.2, 0.25) is 5.91 Å². The number of carbonyl (C=O) groups excluding carboxylic acids is 3. The zero-order chi connectivity index (χ0) is 23.3. The average Bonchev–Trinajstić information content (AvgIpc) is 3.07. The number of carbonyl (C=O) groups is 3. The lowest BCUT2D eigenvalue weighted by Crippen LogP contribution is -2.54. The zero-order valence-corrected chi connectivity index (χ0v) is 19.2. The van der Waals surface area contributed by atoms with Crippen LogP contribution >= 0.6 is 11.5 Å². The number of nitrogens with two attached hydrogens (primary N) is 2. The van der Waals surface area contributed by atoms with Gasteiger partial charge < -0.3 is 21.5 Å². The van der Waals surface area contributed by atoms with E-state index in [9.17, 15) is 14.4 Å². The summed E-state index contributed by atoms with van der Waals surface area (Å²) < 4.78 is 9.39. The van der Waals surface area contributed by atoms with Crippen LogP contribution in [-0.2, 0) is 4.79 Å². The molecule has 0 fully saturated rings. The number of nitrogens with one attached hydrogen (secondary N) is 1. The first kappa shape index (κ1) is 24.1. The molecule has 9 nitrogen and oxygen atoms in total. The molecule has 0 saturated carbocycles. The molecule has 0 aliphatic carbocycles. The molecule has 168 valence electrons. The molecule has 3 amide bonds. The van der Waals surface area contributed by atoms with E-state index in [2.05, 4.69) is 9.69 Å². The van der Waals surface area contributed by atoms with Crippen LogP contribution in [0.4, 0.5) is 11.4 Å². The van der Waals surface area contributed by atoms with E-state index in [1.165, 1.54) is 4.90 Å². The van der Waals surface area contributed by atoms with Crippen molar-refractivity contribution in [1.82, 2.24) is 9.69 Å². The Labute approximate surface area is 185 Å². The van der Waals surface area contributed by atoms with E-state index in [4.69, 9.17) is 16.2 Å². The molecule has 2 aromatic rings. The van der Waals surface area contributed by atoms with E-state index in [0.717, 1.165) is 11.5 Å². The van der Waals surface area contributed by atoms with Crippen LogP contribution in [0.25, 0.3) is 0 Å². The predicted molar refractivity (Wildman–Crippen MR) is 121 cm³/mol. The van der Waals surface area contributed by atoms with Crippen LogP contribution < -0.4 is 26.4 Å². The van der Waals surface area contributed by atoms with Crippen LogP contribution in [0.3, 0.4) is 0 Å². The standard InChI is InChI=1S/C21H29N5O4S/c1-6-14(19(28)24-21(3,4)5)26(12-8-10-13(11-9-12)30-7-2)20(29)17-15(22)16(18(23)27)25-31-17/h8-11,14H,6-7,22H2,1-5H3,(H2,23,27)(H,24,28). The number of hydrogen-bond donors (Lipinski definition) is 3. The third-order valence-electron chi connectivity index (χ3n) is 4.30. The minimum absolute atomic E-state index is 0.0460. The lowest BCUT2D eigenvalue weighted by atomic mass is 10.1. The Morgan fingerprint density at radius 1 is 1.19 bits per heavy atom. The van der Waals surface area contributed by atoms with Gasteiger partial charge in [0, 0.05) is 11.2 Å². The fourth-order valence-electron chi connectivity index (χ4n) is 2.99. The average molecular weight is 448 g/mol. The Balaban J connectivity index is 2.54. The van der Waals surface area contributed by atoms with Crippen LogP contribution in [0, 0.1) is 0 Å². The minimum atomic E-state index is -0.821. The van der Waals surface area contributed by atoms with Gasteiger partial charge in [0.05, 0.1) is 12.3 Å². The Hall–Kier alpha value is -3.14.